The number of carbonyl (C=O) groups excluding carboxylic acids is 1. The lowest BCUT2D eigenvalue weighted by molar-refractivity contribution is -0.155. The van der Waals surface area contributed by atoms with Crippen molar-refractivity contribution in [3.05, 3.63) is 53.1 Å². The average molecular weight is 447 g/mol. The van der Waals surface area contributed by atoms with Crippen LogP contribution in [0.1, 0.15) is 63.4 Å². The maximum absolute atomic E-state index is 14.4. The van der Waals surface area contributed by atoms with Gasteiger partial charge in [0.1, 0.15) is 5.60 Å². The summed E-state index contributed by atoms with van der Waals surface area (Å²) in [5.74, 6) is -1.81. The summed E-state index contributed by atoms with van der Waals surface area (Å²) in [5.41, 5.74) is 1.37. The summed E-state index contributed by atoms with van der Waals surface area (Å²) >= 11 is 0. The fourth-order valence-corrected chi connectivity index (χ4v) is 3.54. The summed E-state index contributed by atoms with van der Waals surface area (Å²) in [6, 6.07) is 6.50. The van der Waals surface area contributed by atoms with Gasteiger partial charge >= 0.3 is 5.97 Å². The van der Waals surface area contributed by atoms with Crippen LogP contribution < -0.4 is 4.74 Å². The number of halogens is 1. The lowest BCUT2D eigenvalue weighted by Crippen LogP contribution is -2.25. The van der Waals surface area contributed by atoms with Crippen molar-refractivity contribution < 1.29 is 28.1 Å². The number of nitrogens with one attached hydrogen (secondary N) is 1. The molecule has 1 N–H and O–H groups in total. The smallest absolute Gasteiger partial charge is 0.307 e. The van der Waals surface area contributed by atoms with Gasteiger partial charge in [0.25, 0.3) is 0 Å². The Morgan fingerprint density at radius 1 is 1.31 bits per heavy atom. The number of ether oxygens (including phenoxy) is 4. The van der Waals surface area contributed by atoms with Crippen molar-refractivity contribution in [3.8, 4) is 5.75 Å². The molecule has 0 aliphatic carbocycles. The fraction of sp³-hybridized carbons (Fsp3) is 0.500. The van der Waals surface area contributed by atoms with E-state index in [1.807, 2.05) is 45.9 Å². The van der Waals surface area contributed by atoms with E-state index in [4.69, 9.17) is 18.9 Å². The number of nitrogens with zero attached hydrogens (tertiary/aromatic N) is 1. The van der Waals surface area contributed by atoms with E-state index in [0.29, 0.717) is 36.6 Å². The van der Waals surface area contributed by atoms with Crippen molar-refractivity contribution in [2.24, 2.45) is 0 Å². The minimum absolute atomic E-state index is 0.0359. The third kappa shape index (κ3) is 6.40. The Labute approximate surface area is 187 Å². The van der Waals surface area contributed by atoms with Crippen molar-refractivity contribution >= 4 is 12.0 Å². The molecule has 0 radical (unpaired) electrons. The van der Waals surface area contributed by atoms with Gasteiger partial charge in [0.05, 0.1) is 32.4 Å². The second kappa shape index (κ2) is 9.83. The molecule has 0 bridgehead atoms. The molecule has 1 unspecified atom stereocenters. The van der Waals surface area contributed by atoms with Crippen LogP contribution in [0.25, 0.3) is 6.08 Å². The molecule has 8 heteroatoms. The van der Waals surface area contributed by atoms with Crippen molar-refractivity contribution in [1.82, 2.24) is 10.2 Å². The highest BCUT2D eigenvalue weighted by Crippen LogP contribution is 2.31. The Kier molecular flexibility index (Phi) is 7.36. The quantitative estimate of drug-likeness (QED) is 0.598. The molecule has 1 aromatic heterocycles. The Morgan fingerprint density at radius 3 is 2.66 bits per heavy atom. The van der Waals surface area contributed by atoms with Crippen LogP contribution in [0.2, 0.25) is 0 Å². The molecule has 1 fully saturated rings. The third-order valence-corrected chi connectivity index (χ3v) is 5.04. The van der Waals surface area contributed by atoms with Crippen molar-refractivity contribution in [3.63, 3.8) is 0 Å². The monoisotopic (exact) mass is 446 g/mol. The predicted octanol–water partition coefficient (Wildman–Crippen LogP) is 4.59. The summed E-state index contributed by atoms with van der Waals surface area (Å²) in [5, 5.41) is 7.31. The maximum atomic E-state index is 14.4. The second-order valence-corrected chi connectivity index (χ2v) is 8.92. The van der Waals surface area contributed by atoms with E-state index in [1.54, 1.807) is 12.1 Å². The number of hydrogen-bond donors (Lipinski definition) is 1. The van der Waals surface area contributed by atoms with Gasteiger partial charge in [0.15, 0.2) is 17.4 Å². The van der Waals surface area contributed by atoms with E-state index >= 15 is 0 Å². The fourth-order valence-electron chi connectivity index (χ4n) is 3.54. The van der Waals surface area contributed by atoms with Crippen LogP contribution in [-0.2, 0) is 19.0 Å². The zero-order valence-electron chi connectivity index (χ0n) is 19.2. The van der Waals surface area contributed by atoms with E-state index in [9.17, 15) is 9.18 Å². The van der Waals surface area contributed by atoms with Gasteiger partial charge in [0, 0.05) is 18.0 Å². The zero-order chi connectivity index (χ0) is 23.4. The van der Waals surface area contributed by atoms with Crippen LogP contribution in [0.3, 0.4) is 0 Å². The first kappa shape index (κ1) is 23.9. The lowest BCUT2D eigenvalue weighted by Gasteiger charge is -2.22. The minimum atomic E-state index is -0.616. The average Bonchev–Trinajstić information content (AvgIpc) is 3.34. The third-order valence-electron chi connectivity index (χ3n) is 5.04. The molecule has 1 aliphatic rings. The number of methoxy groups -OCH3 is 1. The maximum Gasteiger partial charge on any atom is 0.307 e. The molecule has 0 amide bonds. The van der Waals surface area contributed by atoms with Gasteiger partial charge in [-0.2, -0.15) is 5.10 Å². The van der Waals surface area contributed by atoms with Crippen LogP contribution in [0.15, 0.2) is 30.3 Å². The topological polar surface area (TPSA) is 82.7 Å². The minimum Gasteiger partial charge on any atom is -0.494 e. The van der Waals surface area contributed by atoms with E-state index in [-0.39, 0.29) is 18.1 Å². The highest BCUT2D eigenvalue weighted by Gasteiger charge is 2.29. The van der Waals surface area contributed by atoms with Crippen molar-refractivity contribution in [2.45, 2.75) is 57.8 Å². The van der Waals surface area contributed by atoms with Crippen molar-refractivity contribution in [1.29, 1.82) is 0 Å². The molecule has 1 aliphatic heterocycles. The van der Waals surface area contributed by atoms with Crippen LogP contribution in [-0.4, -0.2) is 47.9 Å². The summed E-state index contributed by atoms with van der Waals surface area (Å²) < 4.78 is 36.1. The van der Waals surface area contributed by atoms with Crippen LogP contribution >= 0.6 is 0 Å². The normalized spacial score (nSPS) is 16.9. The number of carbonyl (C=O) groups is 1. The van der Waals surface area contributed by atoms with Crippen LogP contribution in [0.4, 0.5) is 4.39 Å². The molecule has 7 nitrogen and oxygen atoms in total. The van der Waals surface area contributed by atoms with Crippen molar-refractivity contribution in [2.75, 3.05) is 20.3 Å². The first-order chi connectivity index (χ1) is 15.1. The molecule has 32 heavy (non-hydrogen) atoms. The van der Waals surface area contributed by atoms with Gasteiger partial charge < -0.3 is 18.9 Å². The summed E-state index contributed by atoms with van der Waals surface area (Å²) in [6.45, 7) is 8.50. The molecular formula is C24H31FN2O5. The van der Waals surface area contributed by atoms with Gasteiger partial charge in [-0.1, -0.05) is 12.1 Å². The van der Waals surface area contributed by atoms with Gasteiger partial charge in [-0.25, -0.2) is 4.39 Å². The van der Waals surface area contributed by atoms with E-state index < -0.39 is 23.1 Å². The molecule has 0 saturated carbocycles. The highest BCUT2D eigenvalue weighted by molar-refractivity contribution is 5.72. The molecule has 1 saturated heterocycles. The Morgan fingerprint density at radius 2 is 2.03 bits per heavy atom. The number of hydrogen-bond acceptors (Lipinski definition) is 6. The number of aromatic nitrogens is 2. The van der Waals surface area contributed by atoms with E-state index in [2.05, 4.69) is 10.2 Å². The number of esters is 1. The van der Waals surface area contributed by atoms with Gasteiger partial charge in [-0.05, 0) is 57.5 Å². The Balaban J connectivity index is 1.81. The molecule has 174 valence electrons. The van der Waals surface area contributed by atoms with E-state index in [0.717, 1.165) is 0 Å². The standard InChI is InChI=1S/C24H31FN2O5/c1-23(2,3)32-22(28)15-18(16-8-9-21(29-5)19(25)13-16)20-14-17(26-27-20)7-6-10-24(4)30-11-12-31-24/h6-9,13-14,18H,10-12,15H2,1-5H3,(H,26,27)/b7-6+. The summed E-state index contributed by atoms with van der Waals surface area (Å²) in [4.78, 5) is 12.6. The first-order valence-corrected chi connectivity index (χ1v) is 10.6. The first-order valence-electron chi connectivity index (χ1n) is 10.6. The summed E-state index contributed by atoms with van der Waals surface area (Å²) in [6.07, 6.45) is 4.41. The molecule has 3 rings (SSSR count). The van der Waals surface area contributed by atoms with Crippen LogP contribution in [0, 0.1) is 5.82 Å². The largest absolute Gasteiger partial charge is 0.494 e. The molecule has 2 heterocycles. The lowest BCUT2D eigenvalue weighted by atomic mass is 9.92. The molecule has 2 aromatic rings. The molecule has 0 spiro atoms. The molecular weight excluding hydrogens is 415 g/mol. The van der Waals surface area contributed by atoms with Gasteiger partial charge in [-0.3, -0.25) is 9.89 Å². The Bertz CT molecular complexity index is 958. The van der Waals surface area contributed by atoms with Crippen LogP contribution in [0.5, 0.6) is 5.75 Å². The van der Waals surface area contributed by atoms with E-state index in [1.165, 1.54) is 13.2 Å². The van der Waals surface area contributed by atoms with Gasteiger partial charge in [0.2, 0.25) is 0 Å². The van der Waals surface area contributed by atoms with Gasteiger partial charge in [-0.15, -0.1) is 0 Å². The predicted molar refractivity (Wildman–Crippen MR) is 118 cm³/mol. The Hall–Kier alpha value is -2.71. The highest BCUT2D eigenvalue weighted by atomic mass is 19.1. The zero-order valence-corrected chi connectivity index (χ0v) is 19.2. The molecule has 1 atom stereocenters. The number of aromatic amines is 1. The number of benzene rings is 1. The summed E-state index contributed by atoms with van der Waals surface area (Å²) in [7, 11) is 1.41. The SMILES string of the molecule is COc1ccc(C(CC(=O)OC(C)(C)C)c2cc(/C=C/CC3(C)OCCO3)n[nH]2)cc1F. The number of H-pyrrole nitrogens is 1. The molecule has 1 aromatic carbocycles. The number of rotatable bonds is 8. The second-order valence-electron chi connectivity index (χ2n) is 8.92.